The lowest BCUT2D eigenvalue weighted by molar-refractivity contribution is -0.910. The summed E-state index contributed by atoms with van der Waals surface area (Å²) in [5.74, 6) is -1.23. The molecule has 1 amide bonds. The van der Waals surface area contributed by atoms with Crippen LogP contribution in [-0.4, -0.2) is 58.7 Å². The minimum absolute atomic E-state index is 0.0600. The smallest absolute Gasteiger partial charge is 0.333 e. The molecule has 1 aromatic heterocycles. The number of nitrogens with zero attached hydrogens (tertiary/aromatic N) is 2. The maximum atomic E-state index is 13.6. The molecule has 1 aliphatic heterocycles. The number of aromatic nitrogens is 2. The number of nitrogens with one attached hydrogen (secondary N) is 2. The summed E-state index contributed by atoms with van der Waals surface area (Å²) in [4.78, 5) is 55.5. The van der Waals surface area contributed by atoms with E-state index in [-0.39, 0.29) is 28.6 Å². The third-order valence-electron chi connectivity index (χ3n) is 7.92. The standard InChI is InChI=1S/C32H32Cl2N4O5/c1-3-43-31(41)26(35-29(39)27-24(33)10-7-11-25(27)34)18-20-12-14-22(15-13-20)37-30(40)23-9-6-8-21(28(23)36-32(37)42)19-38(2)16-4-5-17-38/h6-15,26H,3-5,16-19H2,1-2H3,(H-,35,36,39,40,42)/p+1/t26-/m0/s1. The molecular formula is C32H33Cl2N4O5+. The number of para-hydroxylation sites is 1. The maximum Gasteiger partial charge on any atom is 0.333 e. The van der Waals surface area contributed by atoms with Gasteiger partial charge in [0.2, 0.25) is 0 Å². The third-order valence-corrected chi connectivity index (χ3v) is 8.55. The van der Waals surface area contributed by atoms with E-state index < -0.39 is 29.2 Å². The second-order valence-corrected chi connectivity index (χ2v) is 11.9. The molecule has 3 aromatic carbocycles. The Hall–Kier alpha value is -3.92. The van der Waals surface area contributed by atoms with Crippen LogP contribution in [0, 0.1) is 0 Å². The molecule has 9 nitrogen and oxygen atoms in total. The number of aromatic amines is 1. The van der Waals surface area contributed by atoms with Crippen molar-refractivity contribution in [2.45, 2.75) is 38.8 Å². The highest BCUT2D eigenvalue weighted by Crippen LogP contribution is 2.25. The Kier molecular flexibility index (Phi) is 9.05. The molecule has 1 aliphatic rings. The van der Waals surface area contributed by atoms with Crippen molar-refractivity contribution in [3.63, 3.8) is 0 Å². The van der Waals surface area contributed by atoms with Crippen molar-refractivity contribution in [1.82, 2.24) is 14.9 Å². The van der Waals surface area contributed by atoms with Gasteiger partial charge in [-0.2, -0.15) is 0 Å². The molecule has 2 N–H and O–H groups in total. The van der Waals surface area contributed by atoms with E-state index in [2.05, 4.69) is 17.3 Å². The fourth-order valence-electron chi connectivity index (χ4n) is 5.73. The molecule has 0 spiro atoms. The minimum atomic E-state index is -1.03. The number of benzene rings is 3. The number of carbonyl (C=O) groups excluding carboxylic acids is 2. The molecule has 0 saturated carbocycles. The van der Waals surface area contributed by atoms with Crippen molar-refractivity contribution >= 4 is 46.0 Å². The molecular weight excluding hydrogens is 591 g/mol. The molecule has 0 aliphatic carbocycles. The van der Waals surface area contributed by atoms with Gasteiger partial charge in [0, 0.05) is 24.8 Å². The maximum absolute atomic E-state index is 13.6. The molecule has 43 heavy (non-hydrogen) atoms. The van der Waals surface area contributed by atoms with Crippen molar-refractivity contribution in [2.24, 2.45) is 0 Å². The van der Waals surface area contributed by atoms with Crippen molar-refractivity contribution in [1.29, 1.82) is 0 Å². The highest BCUT2D eigenvalue weighted by molar-refractivity contribution is 6.39. The van der Waals surface area contributed by atoms with E-state index in [1.807, 2.05) is 12.1 Å². The van der Waals surface area contributed by atoms with Gasteiger partial charge in [-0.3, -0.25) is 9.59 Å². The molecule has 1 fully saturated rings. The zero-order chi connectivity index (χ0) is 30.7. The van der Waals surface area contributed by atoms with Crippen LogP contribution in [0.1, 0.15) is 41.3 Å². The van der Waals surface area contributed by atoms with Gasteiger partial charge in [0.15, 0.2) is 0 Å². The number of halogens is 2. The summed E-state index contributed by atoms with van der Waals surface area (Å²) in [5, 5.41) is 3.42. The number of amides is 1. The molecule has 11 heteroatoms. The number of hydrogen-bond acceptors (Lipinski definition) is 5. The Balaban J connectivity index is 1.41. The van der Waals surface area contributed by atoms with Crippen LogP contribution >= 0.6 is 23.2 Å². The van der Waals surface area contributed by atoms with Gasteiger partial charge in [-0.15, -0.1) is 0 Å². The lowest BCUT2D eigenvalue weighted by atomic mass is 10.0. The minimum Gasteiger partial charge on any atom is -0.464 e. The molecule has 1 atom stereocenters. The Morgan fingerprint density at radius 3 is 2.30 bits per heavy atom. The Morgan fingerprint density at radius 2 is 1.65 bits per heavy atom. The van der Waals surface area contributed by atoms with Crippen LogP contribution in [-0.2, 0) is 22.5 Å². The predicted molar refractivity (Wildman–Crippen MR) is 167 cm³/mol. The fraction of sp³-hybridized carbons (Fsp3) is 0.312. The summed E-state index contributed by atoms with van der Waals surface area (Å²) in [6.07, 6.45) is 2.43. The first-order chi connectivity index (χ1) is 20.6. The lowest BCUT2D eigenvalue weighted by Gasteiger charge is -2.29. The highest BCUT2D eigenvalue weighted by atomic mass is 35.5. The fourth-order valence-corrected chi connectivity index (χ4v) is 6.30. The summed E-state index contributed by atoms with van der Waals surface area (Å²) in [6.45, 7) is 4.68. The summed E-state index contributed by atoms with van der Waals surface area (Å²) in [6, 6.07) is 15.9. The van der Waals surface area contributed by atoms with Gasteiger partial charge in [-0.05, 0) is 42.8 Å². The van der Waals surface area contributed by atoms with Crippen molar-refractivity contribution in [2.75, 3.05) is 26.7 Å². The van der Waals surface area contributed by atoms with Gasteiger partial charge >= 0.3 is 11.7 Å². The van der Waals surface area contributed by atoms with Crippen LogP contribution in [0.15, 0.2) is 70.3 Å². The summed E-state index contributed by atoms with van der Waals surface area (Å²) < 4.78 is 7.17. The molecule has 224 valence electrons. The number of hydrogen-bond donors (Lipinski definition) is 2. The number of H-pyrrole nitrogens is 1. The van der Waals surface area contributed by atoms with Crippen LogP contribution in [0.2, 0.25) is 10.0 Å². The van der Waals surface area contributed by atoms with Gasteiger partial charge in [0.1, 0.15) is 12.6 Å². The number of likely N-dealkylation sites (tertiary alicyclic amines) is 1. The van der Waals surface area contributed by atoms with E-state index in [1.54, 1.807) is 43.3 Å². The molecule has 1 saturated heterocycles. The van der Waals surface area contributed by atoms with E-state index in [0.29, 0.717) is 22.2 Å². The van der Waals surface area contributed by atoms with Crippen LogP contribution in [0.5, 0.6) is 0 Å². The second-order valence-electron chi connectivity index (χ2n) is 11.1. The Morgan fingerprint density at radius 1 is 1.00 bits per heavy atom. The van der Waals surface area contributed by atoms with Gasteiger partial charge in [-0.25, -0.2) is 14.2 Å². The largest absolute Gasteiger partial charge is 0.464 e. The summed E-state index contributed by atoms with van der Waals surface area (Å²) in [7, 11) is 2.20. The van der Waals surface area contributed by atoms with E-state index in [0.717, 1.165) is 34.2 Å². The number of carbonyl (C=O) groups is 2. The zero-order valence-electron chi connectivity index (χ0n) is 24.0. The number of fused-ring (bicyclic) bond motifs is 1. The summed E-state index contributed by atoms with van der Waals surface area (Å²) in [5.41, 5.74) is 1.68. The topological polar surface area (TPSA) is 110 Å². The SMILES string of the molecule is CCOC(=O)[C@H](Cc1ccc(-n2c(=O)[nH]c3c(C[N+]4(C)CCCC4)cccc3c2=O)cc1)NC(=O)c1c(Cl)cccc1Cl. The van der Waals surface area contributed by atoms with Gasteiger partial charge in [0.25, 0.3) is 11.5 Å². The van der Waals surface area contributed by atoms with Crippen molar-refractivity contribution < 1.29 is 18.8 Å². The third kappa shape index (κ3) is 6.54. The van der Waals surface area contributed by atoms with E-state index in [4.69, 9.17) is 27.9 Å². The molecule has 5 rings (SSSR count). The number of rotatable bonds is 9. The molecule has 0 unspecified atom stereocenters. The van der Waals surface area contributed by atoms with Gasteiger partial charge in [0.05, 0.1) is 58.9 Å². The quantitative estimate of drug-likeness (QED) is 0.209. The van der Waals surface area contributed by atoms with E-state index >= 15 is 0 Å². The number of esters is 1. The van der Waals surface area contributed by atoms with E-state index in [1.165, 1.54) is 25.0 Å². The highest BCUT2D eigenvalue weighted by Gasteiger charge is 2.28. The van der Waals surface area contributed by atoms with Crippen LogP contribution in [0.4, 0.5) is 0 Å². The zero-order valence-corrected chi connectivity index (χ0v) is 25.5. The first-order valence-electron chi connectivity index (χ1n) is 14.2. The molecule has 0 radical (unpaired) electrons. The van der Waals surface area contributed by atoms with Gasteiger partial charge in [-0.1, -0.05) is 53.5 Å². The molecule has 4 aromatic rings. The average Bonchev–Trinajstić information content (AvgIpc) is 3.40. The van der Waals surface area contributed by atoms with Crippen LogP contribution in [0.25, 0.3) is 16.6 Å². The normalized spacial score (nSPS) is 14.9. The Labute approximate surface area is 258 Å². The monoisotopic (exact) mass is 623 g/mol. The summed E-state index contributed by atoms with van der Waals surface area (Å²) >= 11 is 12.4. The van der Waals surface area contributed by atoms with Gasteiger partial charge < -0.3 is 19.5 Å². The number of ether oxygens (including phenoxy) is 1. The molecule has 0 bridgehead atoms. The van der Waals surface area contributed by atoms with Crippen molar-refractivity contribution in [3.8, 4) is 5.69 Å². The van der Waals surface area contributed by atoms with Crippen LogP contribution in [0.3, 0.4) is 0 Å². The van der Waals surface area contributed by atoms with Crippen LogP contribution < -0.4 is 16.6 Å². The first-order valence-corrected chi connectivity index (χ1v) is 15.0. The first kappa shape index (κ1) is 30.5. The second kappa shape index (κ2) is 12.8. The predicted octanol–water partition coefficient (Wildman–Crippen LogP) is 4.63. The number of quaternary nitrogens is 1. The van der Waals surface area contributed by atoms with E-state index in [9.17, 15) is 19.2 Å². The van der Waals surface area contributed by atoms with Crippen molar-refractivity contribution in [3.05, 3.63) is 108 Å². The Bertz CT molecular complexity index is 1770. The molecule has 2 heterocycles. The average molecular weight is 625 g/mol. The lowest BCUT2D eigenvalue weighted by Crippen LogP contribution is -2.43.